The van der Waals surface area contributed by atoms with E-state index in [-0.39, 0.29) is 44.2 Å². The first-order chi connectivity index (χ1) is 13.8. The normalized spacial score (nSPS) is 15.2. The number of amidine groups is 1. The molecule has 0 fully saturated rings. The summed E-state index contributed by atoms with van der Waals surface area (Å²) in [5, 5.41) is 14.4. The van der Waals surface area contributed by atoms with Crippen LogP contribution in [0.15, 0.2) is 51.1 Å². The molecule has 0 radical (unpaired) electrons. The largest absolute Gasteiger partial charge is 0.459 e. The first-order valence-electron chi connectivity index (χ1n) is 7.70. The number of aromatic nitrogens is 1. The van der Waals surface area contributed by atoms with Gasteiger partial charge in [0.15, 0.2) is 11.4 Å². The number of fused-ring (bicyclic) bond motifs is 1. The molecule has 152 valence electrons. The minimum absolute atomic E-state index is 0.00965. The van der Waals surface area contributed by atoms with Gasteiger partial charge in [0.2, 0.25) is 5.82 Å². The molecular formula is C15H9Cl4N5O4S. The Labute approximate surface area is 187 Å². The van der Waals surface area contributed by atoms with E-state index in [1.54, 1.807) is 24.4 Å². The summed E-state index contributed by atoms with van der Waals surface area (Å²) >= 11 is 24.3. The predicted octanol–water partition coefficient (Wildman–Crippen LogP) is 4.09. The third-order valence-corrected chi connectivity index (χ3v) is 5.50. The Kier molecular flexibility index (Phi) is 6.81. The predicted molar refractivity (Wildman–Crippen MR) is 111 cm³/mol. The molecule has 0 aliphatic carbocycles. The average Bonchev–Trinajstić information content (AvgIpc) is 3.02. The lowest BCUT2D eigenvalue weighted by atomic mass is 10.2. The maximum absolute atomic E-state index is 12.0. The van der Waals surface area contributed by atoms with E-state index in [2.05, 4.69) is 14.7 Å². The van der Waals surface area contributed by atoms with E-state index in [0.717, 1.165) is 11.5 Å². The number of hydrogen-bond acceptors (Lipinski definition) is 9. The number of nitrogens with zero attached hydrogens (tertiary/aromatic N) is 4. The lowest BCUT2D eigenvalue weighted by Crippen LogP contribution is -2.35. The van der Waals surface area contributed by atoms with Crippen molar-refractivity contribution in [3.05, 3.63) is 71.3 Å². The highest BCUT2D eigenvalue weighted by molar-refractivity contribution is 7.11. The van der Waals surface area contributed by atoms with Crippen molar-refractivity contribution in [3.8, 4) is 0 Å². The van der Waals surface area contributed by atoms with Crippen LogP contribution >= 0.6 is 57.9 Å². The minimum atomic E-state index is -0.769. The van der Waals surface area contributed by atoms with Gasteiger partial charge in [-0.1, -0.05) is 52.5 Å². The van der Waals surface area contributed by atoms with Gasteiger partial charge in [0.05, 0.1) is 11.5 Å². The van der Waals surface area contributed by atoms with Crippen LogP contribution in [-0.4, -0.2) is 39.2 Å². The number of carbonyl (C=O) groups is 1. The van der Waals surface area contributed by atoms with Gasteiger partial charge in [-0.2, -0.15) is 4.37 Å². The first kappa shape index (κ1) is 21.6. The van der Waals surface area contributed by atoms with E-state index in [1.807, 2.05) is 0 Å². The van der Waals surface area contributed by atoms with Crippen LogP contribution in [0, 0.1) is 10.1 Å². The molecule has 2 aliphatic rings. The van der Waals surface area contributed by atoms with Gasteiger partial charge in [-0.3, -0.25) is 15.0 Å². The lowest BCUT2D eigenvalue weighted by Gasteiger charge is -2.28. The third kappa shape index (κ3) is 4.57. The summed E-state index contributed by atoms with van der Waals surface area (Å²) in [6, 6.07) is 0. The second-order valence-corrected chi connectivity index (χ2v) is 7.99. The molecule has 3 rings (SSSR count). The van der Waals surface area contributed by atoms with Crippen molar-refractivity contribution in [3.63, 3.8) is 0 Å². The molecule has 0 aromatic carbocycles. The molecule has 9 nitrogen and oxygen atoms in total. The fraction of sp³-hybridized carbons (Fsp3) is 0.133. The molecule has 0 saturated heterocycles. The Bertz CT molecular complexity index is 1030. The van der Waals surface area contributed by atoms with Crippen LogP contribution in [0.2, 0.25) is 9.36 Å². The minimum Gasteiger partial charge on any atom is -0.459 e. The summed E-state index contributed by atoms with van der Waals surface area (Å²) in [5.41, 5.74) is -0.555. The molecule has 2 aliphatic heterocycles. The summed E-state index contributed by atoms with van der Waals surface area (Å²) in [6.07, 6.45) is 6.53. The maximum atomic E-state index is 12.0. The van der Waals surface area contributed by atoms with Crippen molar-refractivity contribution in [2.75, 3.05) is 13.2 Å². The molecule has 14 heteroatoms. The van der Waals surface area contributed by atoms with Gasteiger partial charge in [-0.15, -0.1) is 0 Å². The molecule has 0 amide bonds. The number of carbonyl (C=O) groups excluding carboxylic acids is 1. The van der Waals surface area contributed by atoms with E-state index in [9.17, 15) is 14.9 Å². The van der Waals surface area contributed by atoms with Crippen LogP contribution in [0.4, 0.5) is 0 Å². The van der Waals surface area contributed by atoms with Crippen molar-refractivity contribution in [2.45, 2.75) is 0 Å². The van der Waals surface area contributed by atoms with Crippen molar-refractivity contribution in [1.82, 2.24) is 14.6 Å². The molecule has 0 unspecified atom stereocenters. The van der Waals surface area contributed by atoms with E-state index < -0.39 is 16.6 Å². The summed E-state index contributed by atoms with van der Waals surface area (Å²) in [7, 11) is 0. The highest BCUT2D eigenvalue weighted by Gasteiger charge is 2.36. The summed E-state index contributed by atoms with van der Waals surface area (Å²) in [6.45, 7) is -0.131. The van der Waals surface area contributed by atoms with Crippen LogP contribution in [0.3, 0.4) is 0 Å². The van der Waals surface area contributed by atoms with Crippen molar-refractivity contribution in [2.24, 2.45) is 4.99 Å². The van der Waals surface area contributed by atoms with Gasteiger partial charge in [-0.05, 0) is 23.7 Å². The van der Waals surface area contributed by atoms with Crippen LogP contribution in [0.5, 0.6) is 0 Å². The number of rotatable bonds is 6. The third-order valence-electron chi connectivity index (χ3n) is 3.53. The Morgan fingerprint density at radius 3 is 2.72 bits per heavy atom. The molecule has 0 spiro atoms. The van der Waals surface area contributed by atoms with E-state index in [1.165, 1.54) is 4.90 Å². The smallest absolute Gasteiger partial charge is 0.359 e. The van der Waals surface area contributed by atoms with Gasteiger partial charge in [0.1, 0.15) is 26.3 Å². The molecule has 1 N–H and O–H groups in total. The SMILES string of the molecule is O=C(OCCNC1=C([N+](=O)[O-])C(=C(Cl)Cl)N2C=CC=CC2=N1)c1nsc(Cl)c1Cl. The topological polar surface area (TPSA) is 110 Å². The Hall–Kier alpha value is -2.11. The fourth-order valence-electron chi connectivity index (χ4n) is 2.35. The number of hydrogen-bond donors (Lipinski definition) is 1. The molecule has 0 bridgehead atoms. The van der Waals surface area contributed by atoms with Crippen molar-refractivity contribution in [1.29, 1.82) is 0 Å². The average molecular weight is 497 g/mol. The zero-order valence-corrected chi connectivity index (χ0v) is 17.9. The molecule has 3 heterocycles. The molecule has 1 aromatic rings. The first-order valence-corrected chi connectivity index (χ1v) is 9.98. The van der Waals surface area contributed by atoms with Gasteiger partial charge in [0, 0.05) is 6.20 Å². The summed E-state index contributed by atoms with van der Waals surface area (Å²) < 4.78 is 8.72. The number of nitrogens with one attached hydrogen (secondary N) is 1. The number of aliphatic imine (C=N–C) groups is 1. The van der Waals surface area contributed by atoms with Crippen molar-refractivity contribution >= 4 is 69.7 Å². The van der Waals surface area contributed by atoms with E-state index >= 15 is 0 Å². The standard InChI is InChI=1S/C15H9Cl4N5O4S/c16-8-9(22-29-13(8)19)15(25)28-6-4-20-14-11(24(26)27)10(12(17)18)23-5-2-1-3-7(23)21-14/h1-3,5,20H,4,6H2. The Morgan fingerprint density at radius 2 is 2.10 bits per heavy atom. The number of allylic oxidation sites excluding steroid dienone is 2. The monoisotopic (exact) mass is 495 g/mol. The van der Waals surface area contributed by atoms with Gasteiger partial charge in [-0.25, -0.2) is 9.79 Å². The van der Waals surface area contributed by atoms with Crippen LogP contribution in [0.25, 0.3) is 0 Å². The second kappa shape index (κ2) is 9.14. The highest BCUT2D eigenvalue weighted by atomic mass is 35.5. The van der Waals surface area contributed by atoms with E-state index in [0.29, 0.717) is 5.84 Å². The number of ether oxygens (including phenoxy) is 1. The van der Waals surface area contributed by atoms with E-state index in [4.69, 9.17) is 51.1 Å². The zero-order chi connectivity index (χ0) is 21.1. The Morgan fingerprint density at radius 1 is 1.34 bits per heavy atom. The highest BCUT2D eigenvalue weighted by Crippen LogP contribution is 2.33. The van der Waals surface area contributed by atoms with Gasteiger partial charge >= 0.3 is 11.7 Å². The van der Waals surface area contributed by atoms with Gasteiger partial charge in [0.25, 0.3) is 0 Å². The number of esters is 1. The summed E-state index contributed by atoms with van der Waals surface area (Å²) in [5.74, 6) is -0.481. The number of halogens is 4. The molecule has 0 atom stereocenters. The lowest BCUT2D eigenvalue weighted by molar-refractivity contribution is -0.424. The fourth-order valence-corrected chi connectivity index (χ4v) is 3.69. The van der Waals surface area contributed by atoms with Gasteiger partial charge < -0.3 is 10.1 Å². The molecule has 29 heavy (non-hydrogen) atoms. The molecular weight excluding hydrogens is 488 g/mol. The summed E-state index contributed by atoms with van der Waals surface area (Å²) in [4.78, 5) is 28.5. The number of nitro groups is 1. The molecule has 0 saturated carbocycles. The van der Waals surface area contributed by atoms with Crippen molar-refractivity contribution < 1.29 is 14.5 Å². The molecule has 1 aromatic heterocycles. The maximum Gasteiger partial charge on any atom is 0.359 e. The van der Waals surface area contributed by atoms with Crippen LogP contribution in [0.1, 0.15) is 10.5 Å². The zero-order valence-electron chi connectivity index (χ0n) is 14.1. The van der Waals surface area contributed by atoms with Crippen LogP contribution in [-0.2, 0) is 4.74 Å². The quantitative estimate of drug-likeness (QED) is 0.273. The second-order valence-electron chi connectivity index (χ2n) is 5.29. The Balaban J connectivity index is 1.74. The van der Waals surface area contributed by atoms with Crippen LogP contribution < -0.4 is 5.32 Å².